The van der Waals surface area contributed by atoms with Crippen LogP contribution in [0.4, 0.5) is 0 Å². The second kappa shape index (κ2) is 5.77. The molecule has 4 heterocycles. The molecule has 0 aliphatic carbocycles. The number of amides is 1. The summed E-state index contributed by atoms with van der Waals surface area (Å²) in [5.41, 5.74) is 1.93. The van der Waals surface area contributed by atoms with Gasteiger partial charge in [0.05, 0.1) is 4.88 Å². The van der Waals surface area contributed by atoms with Crippen molar-refractivity contribution in [3.8, 4) is 0 Å². The third kappa shape index (κ3) is 2.53. The van der Waals surface area contributed by atoms with Gasteiger partial charge in [-0.2, -0.15) is 0 Å². The van der Waals surface area contributed by atoms with E-state index in [1.165, 1.54) is 11.3 Å². The number of piperidine rings is 1. The summed E-state index contributed by atoms with van der Waals surface area (Å²) < 4.78 is 2.04. The molecule has 0 spiro atoms. The van der Waals surface area contributed by atoms with Crippen molar-refractivity contribution in [2.45, 2.75) is 25.7 Å². The topological polar surface area (TPSA) is 50.5 Å². The maximum absolute atomic E-state index is 12.8. The predicted molar refractivity (Wildman–Crippen MR) is 89.9 cm³/mol. The van der Waals surface area contributed by atoms with Crippen LogP contribution in [-0.2, 0) is 0 Å². The molecule has 6 heteroatoms. The number of hydrogen-bond donors (Lipinski definition) is 0. The fourth-order valence-corrected chi connectivity index (χ4v) is 4.14. The molecule has 1 saturated heterocycles. The number of thiophene rings is 1. The molecular formula is C17H18N4OS. The van der Waals surface area contributed by atoms with Crippen molar-refractivity contribution >= 4 is 22.9 Å². The molecule has 3 aromatic heterocycles. The van der Waals surface area contributed by atoms with Gasteiger partial charge in [0.15, 0.2) is 5.65 Å². The van der Waals surface area contributed by atoms with Gasteiger partial charge in [-0.15, -0.1) is 21.5 Å². The van der Waals surface area contributed by atoms with E-state index in [2.05, 4.69) is 10.2 Å². The van der Waals surface area contributed by atoms with Gasteiger partial charge in [0, 0.05) is 25.2 Å². The summed E-state index contributed by atoms with van der Waals surface area (Å²) in [5.74, 6) is 1.35. The van der Waals surface area contributed by atoms with E-state index in [0.29, 0.717) is 6.54 Å². The molecule has 0 aromatic carbocycles. The van der Waals surface area contributed by atoms with E-state index in [1.54, 1.807) is 0 Å². The fraction of sp³-hybridized carbons (Fsp3) is 0.353. The van der Waals surface area contributed by atoms with Crippen LogP contribution in [0.3, 0.4) is 0 Å². The van der Waals surface area contributed by atoms with Crippen molar-refractivity contribution in [3.63, 3.8) is 0 Å². The lowest BCUT2D eigenvalue weighted by Gasteiger charge is -2.31. The number of rotatable bonds is 2. The zero-order valence-corrected chi connectivity index (χ0v) is 13.8. The molecule has 1 atom stereocenters. The number of aryl methyl sites for hydroxylation is 1. The molecule has 4 rings (SSSR count). The molecule has 0 N–H and O–H groups in total. The molecule has 5 nitrogen and oxygen atoms in total. The van der Waals surface area contributed by atoms with E-state index in [1.807, 2.05) is 52.1 Å². The van der Waals surface area contributed by atoms with Gasteiger partial charge < -0.3 is 4.90 Å². The SMILES string of the molecule is Cc1ccsc1C(=O)N1CCCC(c2nnc3ccccn23)C1. The monoisotopic (exact) mass is 326 g/mol. The summed E-state index contributed by atoms with van der Waals surface area (Å²) in [6, 6.07) is 7.91. The van der Waals surface area contributed by atoms with Gasteiger partial charge in [-0.3, -0.25) is 9.20 Å². The average Bonchev–Trinajstić information content (AvgIpc) is 3.20. The Hall–Kier alpha value is -2.21. The van der Waals surface area contributed by atoms with Gasteiger partial charge in [0.25, 0.3) is 5.91 Å². The summed E-state index contributed by atoms with van der Waals surface area (Å²) in [6.45, 7) is 3.53. The number of pyridine rings is 1. The normalized spacial score (nSPS) is 18.5. The fourth-order valence-electron chi connectivity index (χ4n) is 3.25. The summed E-state index contributed by atoms with van der Waals surface area (Å²) in [4.78, 5) is 15.6. The van der Waals surface area contributed by atoms with Crippen molar-refractivity contribution in [1.82, 2.24) is 19.5 Å². The van der Waals surface area contributed by atoms with Crippen LogP contribution in [0.2, 0.25) is 0 Å². The van der Waals surface area contributed by atoms with E-state index < -0.39 is 0 Å². The highest BCUT2D eigenvalue weighted by Gasteiger charge is 2.29. The van der Waals surface area contributed by atoms with Crippen molar-refractivity contribution in [3.05, 3.63) is 52.1 Å². The minimum atomic E-state index is 0.149. The minimum Gasteiger partial charge on any atom is -0.337 e. The van der Waals surface area contributed by atoms with Crippen LogP contribution >= 0.6 is 11.3 Å². The van der Waals surface area contributed by atoms with Gasteiger partial charge in [0.1, 0.15) is 5.82 Å². The maximum atomic E-state index is 12.8. The van der Waals surface area contributed by atoms with Crippen LogP contribution in [0.25, 0.3) is 5.65 Å². The molecule has 1 unspecified atom stereocenters. The zero-order valence-electron chi connectivity index (χ0n) is 13.0. The average molecular weight is 326 g/mol. The molecule has 118 valence electrons. The number of carbonyl (C=O) groups is 1. The number of hydrogen-bond acceptors (Lipinski definition) is 4. The number of fused-ring (bicyclic) bond motifs is 1. The van der Waals surface area contributed by atoms with E-state index in [9.17, 15) is 4.79 Å². The van der Waals surface area contributed by atoms with Crippen LogP contribution in [0, 0.1) is 6.92 Å². The molecular weight excluding hydrogens is 308 g/mol. The van der Waals surface area contributed by atoms with Crippen molar-refractivity contribution < 1.29 is 4.79 Å². The molecule has 0 radical (unpaired) electrons. The number of nitrogens with zero attached hydrogens (tertiary/aromatic N) is 4. The maximum Gasteiger partial charge on any atom is 0.264 e. The first kappa shape index (κ1) is 14.4. The number of carbonyl (C=O) groups excluding carboxylic acids is 1. The van der Waals surface area contributed by atoms with E-state index in [4.69, 9.17) is 0 Å². The molecule has 3 aromatic rings. The smallest absolute Gasteiger partial charge is 0.264 e. The van der Waals surface area contributed by atoms with Crippen LogP contribution in [-0.4, -0.2) is 38.5 Å². The Labute approximate surface area is 138 Å². The summed E-state index contributed by atoms with van der Waals surface area (Å²) in [6.07, 6.45) is 4.04. The van der Waals surface area contributed by atoms with Gasteiger partial charge >= 0.3 is 0 Å². The Kier molecular flexibility index (Phi) is 3.61. The molecule has 1 aliphatic rings. The first-order valence-electron chi connectivity index (χ1n) is 7.87. The summed E-state index contributed by atoms with van der Waals surface area (Å²) in [5, 5.41) is 10.6. The van der Waals surface area contributed by atoms with Crippen LogP contribution in [0.1, 0.15) is 39.8 Å². The molecule has 1 aliphatic heterocycles. The number of likely N-dealkylation sites (tertiary alicyclic amines) is 1. The zero-order chi connectivity index (χ0) is 15.8. The third-order valence-corrected chi connectivity index (χ3v) is 5.47. The lowest BCUT2D eigenvalue weighted by atomic mass is 9.97. The van der Waals surface area contributed by atoms with Crippen LogP contribution in [0.15, 0.2) is 35.8 Å². The van der Waals surface area contributed by atoms with Gasteiger partial charge in [-0.1, -0.05) is 6.07 Å². The van der Waals surface area contributed by atoms with E-state index >= 15 is 0 Å². The largest absolute Gasteiger partial charge is 0.337 e. The highest BCUT2D eigenvalue weighted by Crippen LogP contribution is 2.28. The van der Waals surface area contributed by atoms with E-state index in [-0.39, 0.29) is 11.8 Å². The Morgan fingerprint density at radius 3 is 3.04 bits per heavy atom. The first-order chi connectivity index (χ1) is 11.2. The Morgan fingerprint density at radius 2 is 2.22 bits per heavy atom. The van der Waals surface area contributed by atoms with Crippen LogP contribution < -0.4 is 0 Å². The van der Waals surface area contributed by atoms with E-state index in [0.717, 1.165) is 41.3 Å². The molecule has 0 bridgehead atoms. The van der Waals surface area contributed by atoms with Crippen molar-refractivity contribution in [2.75, 3.05) is 13.1 Å². The quantitative estimate of drug-likeness (QED) is 0.727. The molecule has 0 saturated carbocycles. The molecule has 1 amide bonds. The second-order valence-electron chi connectivity index (χ2n) is 6.01. The van der Waals surface area contributed by atoms with Gasteiger partial charge in [-0.05, 0) is 48.9 Å². The summed E-state index contributed by atoms with van der Waals surface area (Å²) in [7, 11) is 0. The third-order valence-electron chi connectivity index (χ3n) is 4.47. The van der Waals surface area contributed by atoms with Crippen LogP contribution in [0.5, 0.6) is 0 Å². The van der Waals surface area contributed by atoms with Gasteiger partial charge in [-0.25, -0.2) is 0 Å². The lowest BCUT2D eigenvalue weighted by molar-refractivity contribution is 0.0708. The highest BCUT2D eigenvalue weighted by atomic mass is 32.1. The number of aromatic nitrogens is 3. The Balaban J connectivity index is 1.60. The highest BCUT2D eigenvalue weighted by molar-refractivity contribution is 7.12. The van der Waals surface area contributed by atoms with Crippen molar-refractivity contribution in [2.24, 2.45) is 0 Å². The molecule has 23 heavy (non-hydrogen) atoms. The second-order valence-corrected chi connectivity index (χ2v) is 6.93. The van der Waals surface area contributed by atoms with Crippen molar-refractivity contribution in [1.29, 1.82) is 0 Å². The summed E-state index contributed by atoms with van der Waals surface area (Å²) >= 11 is 1.53. The Morgan fingerprint density at radius 1 is 1.30 bits per heavy atom. The Bertz CT molecular complexity index is 853. The van der Waals surface area contributed by atoms with Gasteiger partial charge in [0.2, 0.25) is 0 Å². The lowest BCUT2D eigenvalue weighted by Crippen LogP contribution is -2.39. The molecule has 1 fully saturated rings. The minimum absolute atomic E-state index is 0.149. The first-order valence-corrected chi connectivity index (χ1v) is 8.75. The standard InChI is InChI=1S/C17H18N4OS/c1-12-7-10-23-15(12)17(22)20-8-4-5-13(11-20)16-19-18-14-6-2-3-9-21(14)16/h2-3,6-7,9-10,13H,4-5,8,11H2,1H3. The predicted octanol–water partition coefficient (Wildman–Crippen LogP) is 3.12.